The summed E-state index contributed by atoms with van der Waals surface area (Å²) in [5, 5.41) is 0.814. The third-order valence-electron chi connectivity index (χ3n) is 3.02. The van der Waals surface area contributed by atoms with Crippen LogP contribution >= 0.6 is 11.8 Å². The van der Waals surface area contributed by atoms with Gasteiger partial charge >= 0.3 is 5.69 Å². The fraction of sp³-hybridized carbons (Fsp3) is 0.357. The van der Waals surface area contributed by atoms with Gasteiger partial charge in [-0.05, 0) is 13.8 Å². The molecular formula is C14H18N4O2S. The SMILES string of the molecule is C=CC(C)Sc1nc2c(c(=O)[nH]c(=O)n2C)n1CC(=C)C. The van der Waals surface area contributed by atoms with Gasteiger partial charge in [-0.25, -0.2) is 9.78 Å². The van der Waals surface area contributed by atoms with Crippen molar-refractivity contribution < 1.29 is 0 Å². The van der Waals surface area contributed by atoms with Crippen molar-refractivity contribution in [3.05, 3.63) is 45.6 Å². The Morgan fingerprint density at radius 3 is 2.76 bits per heavy atom. The number of hydrogen-bond donors (Lipinski definition) is 1. The van der Waals surface area contributed by atoms with Crippen LogP contribution in [0.25, 0.3) is 11.2 Å². The Morgan fingerprint density at radius 2 is 2.19 bits per heavy atom. The van der Waals surface area contributed by atoms with Gasteiger partial charge in [-0.15, -0.1) is 6.58 Å². The molecule has 0 aliphatic heterocycles. The van der Waals surface area contributed by atoms with Crippen LogP contribution in [0.2, 0.25) is 0 Å². The van der Waals surface area contributed by atoms with Gasteiger partial charge < -0.3 is 4.57 Å². The van der Waals surface area contributed by atoms with E-state index in [4.69, 9.17) is 0 Å². The molecule has 0 aromatic carbocycles. The van der Waals surface area contributed by atoms with Crippen LogP contribution in [0.3, 0.4) is 0 Å². The van der Waals surface area contributed by atoms with Crippen molar-refractivity contribution >= 4 is 22.9 Å². The molecule has 0 bridgehead atoms. The van der Waals surface area contributed by atoms with Crippen molar-refractivity contribution in [3.63, 3.8) is 0 Å². The zero-order chi connectivity index (χ0) is 15.7. The zero-order valence-electron chi connectivity index (χ0n) is 12.3. The summed E-state index contributed by atoms with van der Waals surface area (Å²) in [6.45, 7) is 12.0. The Kier molecular flexibility index (Phi) is 4.22. The van der Waals surface area contributed by atoms with E-state index >= 15 is 0 Å². The minimum atomic E-state index is -0.471. The van der Waals surface area contributed by atoms with Crippen molar-refractivity contribution in [1.82, 2.24) is 19.1 Å². The van der Waals surface area contributed by atoms with Gasteiger partial charge in [0.1, 0.15) is 0 Å². The number of nitrogens with zero attached hydrogens (tertiary/aromatic N) is 3. The average Bonchev–Trinajstić information content (AvgIpc) is 2.74. The van der Waals surface area contributed by atoms with Crippen LogP contribution in [0.4, 0.5) is 0 Å². The van der Waals surface area contributed by atoms with Gasteiger partial charge in [0.2, 0.25) is 0 Å². The minimum Gasteiger partial charge on any atom is -0.309 e. The number of aromatic nitrogens is 4. The largest absolute Gasteiger partial charge is 0.329 e. The summed E-state index contributed by atoms with van der Waals surface area (Å²) < 4.78 is 3.13. The second-order valence-electron chi connectivity index (χ2n) is 4.99. The molecule has 0 saturated heterocycles. The monoisotopic (exact) mass is 306 g/mol. The van der Waals surface area contributed by atoms with E-state index in [-0.39, 0.29) is 5.25 Å². The Hall–Kier alpha value is -2.02. The molecule has 2 aromatic rings. The number of imidazole rings is 1. The van der Waals surface area contributed by atoms with E-state index in [1.54, 1.807) is 17.7 Å². The van der Waals surface area contributed by atoms with E-state index < -0.39 is 11.2 Å². The standard InChI is InChI=1S/C14H18N4O2S/c1-6-9(4)21-14-15-11-10(18(14)7-8(2)3)12(19)16-13(20)17(11)5/h6,9H,1-2,7H2,3-5H3,(H,16,19,20). The Morgan fingerprint density at radius 1 is 1.52 bits per heavy atom. The highest BCUT2D eigenvalue weighted by atomic mass is 32.2. The first-order valence-electron chi connectivity index (χ1n) is 6.48. The third-order valence-corrected chi connectivity index (χ3v) is 4.11. The molecule has 7 heteroatoms. The summed E-state index contributed by atoms with van der Waals surface area (Å²) in [5.74, 6) is 0. The lowest BCUT2D eigenvalue weighted by atomic mass is 10.3. The molecule has 6 nitrogen and oxygen atoms in total. The Bertz CT molecular complexity index is 828. The van der Waals surface area contributed by atoms with Gasteiger partial charge in [-0.3, -0.25) is 14.3 Å². The number of rotatable bonds is 5. The van der Waals surface area contributed by atoms with Gasteiger partial charge in [-0.1, -0.05) is 30.0 Å². The lowest BCUT2D eigenvalue weighted by Crippen LogP contribution is -2.29. The fourth-order valence-electron chi connectivity index (χ4n) is 1.94. The molecule has 0 radical (unpaired) electrons. The number of H-pyrrole nitrogens is 1. The lowest BCUT2D eigenvalue weighted by Gasteiger charge is -2.09. The molecule has 1 atom stereocenters. The van der Waals surface area contributed by atoms with Crippen molar-refractivity contribution in [2.45, 2.75) is 30.8 Å². The molecule has 2 heterocycles. The molecular weight excluding hydrogens is 288 g/mol. The van der Waals surface area contributed by atoms with E-state index in [0.29, 0.717) is 22.9 Å². The van der Waals surface area contributed by atoms with E-state index in [2.05, 4.69) is 23.1 Å². The van der Waals surface area contributed by atoms with Crippen LogP contribution in [0.15, 0.2) is 39.6 Å². The maximum atomic E-state index is 12.1. The van der Waals surface area contributed by atoms with E-state index in [9.17, 15) is 9.59 Å². The van der Waals surface area contributed by atoms with Crippen LogP contribution in [0, 0.1) is 0 Å². The van der Waals surface area contributed by atoms with Gasteiger partial charge in [0.25, 0.3) is 5.56 Å². The molecule has 0 aliphatic rings. The van der Waals surface area contributed by atoms with Crippen LogP contribution in [-0.4, -0.2) is 24.4 Å². The summed E-state index contributed by atoms with van der Waals surface area (Å²) in [4.78, 5) is 30.6. The Labute approximate surface area is 126 Å². The molecule has 0 spiro atoms. The molecule has 1 N–H and O–H groups in total. The van der Waals surface area contributed by atoms with Crippen molar-refractivity contribution in [2.75, 3.05) is 0 Å². The topological polar surface area (TPSA) is 72.7 Å². The van der Waals surface area contributed by atoms with Crippen molar-refractivity contribution in [2.24, 2.45) is 7.05 Å². The first kappa shape index (κ1) is 15.4. The highest BCUT2D eigenvalue weighted by molar-refractivity contribution is 7.99. The second-order valence-corrected chi connectivity index (χ2v) is 6.33. The highest BCUT2D eigenvalue weighted by Crippen LogP contribution is 2.26. The van der Waals surface area contributed by atoms with E-state index in [1.807, 2.05) is 13.8 Å². The molecule has 0 saturated carbocycles. The molecule has 2 rings (SSSR count). The molecule has 0 aliphatic carbocycles. The fourth-order valence-corrected chi connectivity index (χ4v) is 2.79. The maximum Gasteiger partial charge on any atom is 0.329 e. The van der Waals surface area contributed by atoms with Crippen molar-refractivity contribution in [3.8, 4) is 0 Å². The molecule has 2 aromatic heterocycles. The van der Waals surface area contributed by atoms with Gasteiger partial charge in [-0.2, -0.15) is 0 Å². The maximum absolute atomic E-state index is 12.1. The first-order chi connectivity index (χ1) is 9.85. The van der Waals surface area contributed by atoms with E-state index in [1.165, 1.54) is 16.3 Å². The Balaban J connectivity index is 2.78. The number of aryl methyl sites for hydroxylation is 1. The minimum absolute atomic E-state index is 0.141. The molecule has 0 amide bonds. The predicted octanol–water partition coefficient (Wildman–Crippen LogP) is 1.67. The normalized spacial score (nSPS) is 12.5. The quantitative estimate of drug-likeness (QED) is 0.673. The van der Waals surface area contributed by atoms with Crippen LogP contribution in [0.5, 0.6) is 0 Å². The number of nitrogens with one attached hydrogen (secondary N) is 1. The van der Waals surface area contributed by atoms with Crippen LogP contribution < -0.4 is 11.2 Å². The molecule has 1 unspecified atom stereocenters. The number of hydrogen-bond acceptors (Lipinski definition) is 4. The predicted molar refractivity (Wildman–Crippen MR) is 85.9 cm³/mol. The van der Waals surface area contributed by atoms with Gasteiger partial charge in [0.15, 0.2) is 16.3 Å². The average molecular weight is 306 g/mol. The highest BCUT2D eigenvalue weighted by Gasteiger charge is 2.18. The number of thioether (sulfide) groups is 1. The van der Waals surface area contributed by atoms with Gasteiger partial charge in [0.05, 0.1) is 0 Å². The summed E-state index contributed by atoms with van der Waals surface area (Å²) in [5.41, 5.74) is 0.763. The van der Waals surface area contributed by atoms with Crippen molar-refractivity contribution in [1.29, 1.82) is 0 Å². The summed E-state index contributed by atoms with van der Waals surface area (Å²) >= 11 is 1.49. The summed E-state index contributed by atoms with van der Waals surface area (Å²) in [6.07, 6.45) is 1.80. The summed E-state index contributed by atoms with van der Waals surface area (Å²) in [7, 11) is 1.59. The molecule has 112 valence electrons. The van der Waals surface area contributed by atoms with Crippen LogP contribution in [0.1, 0.15) is 13.8 Å². The second kappa shape index (κ2) is 5.77. The zero-order valence-corrected chi connectivity index (χ0v) is 13.2. The van der Waals surface area contributed by atoms with E-state index in [0.717, 1.165) is 5.57 Å². The molecule has 0 fully saturated rings. The number of fused-ring (bicyclic) bond motifs is 1. The lowest BCUT2D eigenvalue weighted by molar-refractivity contribution is 0.718. The van der Waals surface area contributed by atoms with Crippen LogP contribution in [-0.2, 0) is 13.6 Å². The number of allylic oxidation sites excluding steroid dienone is 1. The first-order valence-corrected chi connectivity index (χ1v) is 7.36. The van der Waals surface area contributed by atoms with Gasteiger partial charge in [0, 0.05) is 18.8 Å². The smallest absolute Gasteiger partial charge is 0.309 e. The molecule has 21 heavy (non-hydrogen) atoms. The number of aromatic amines is 1. The summed E-state index contributed by atoms with van der Waals surface area (Å²) in [6, 6.07) is 0. The third kappa shape index (κ3) is 2.87.